The topological polar surface area (TPSA) is 62.3 Å². The monoisotopic (exact) mass is 289 g/mol. The molecule has 0 radical (unpaired) electrons. The van der Waals surface area contributed by atoms with Crippen LogP contribution >= 0.6 is 0 Å². The molecule has 0 amide bonds. The summed E-state index contributed by atoms with van der Waals surface area (Å²) in [6.45, 7) is 6.54. The van der Waals surface area contributed by atoms with Crippen molar-refractivity contribution >= 4 is 0 Å². The van der Waals surface area contributed by atoms with Crippen LogP contribution in [0.3, 0.4) is 0 Å². The summed E-state index contributed by atoms with van der Waals surface area (Å²) in [7, 11) is 0. The Balaban J connectivity index is 2.15. The number of para-hydroxylation sites is 1. The highest BCUT2D eigenvalue weighted by molar-refractivity contribution is 5.47. The van der Waals surface area contributed by atoms with Crippen molar-refractivity contribution in [3.8, 4) is 11.5 Å². The number of benzene rings is 1. The molecule has 0 saturated carbocycles. The first-order valence-electron chi connectivity index (χ1n) is 7.37. The number of hydrogen-bond donors (Lipinski definition) is 1. The number of hydrogen-bond acceptors (Lipinski definition) is 4. The molecule has 0 atom stereocenters. The van der Waals surface area contributed by atoms with Gasteiger partial charge in [0.05, 0.1) is 12.8 Å². The third-order valence-corrected chi connectivity index (χ3v) is 3.17. The second-order valence-electron chi connectivity index (χ2n) is 4.71. The summed E-state index contributed by atoms with van der Waals surface area (Å²) in [6, 6.07) is 5.92. The lowest BCUT2D eigenvalue weighted by molar-refractivity contribution is 0.266. The Morgan fingerprint density at radius 1 is 1.24 bits per heavy atom. The zero-order chi connectivity index (χ0) is 15.1. The van der Waals surface area contributed by atoms with Crippen molar-refractivity contribution < 1.29 is 9.47 Å². The van der Waals surface area contributed by atoms with Crippen LogP contribution in [0.15, 0.2) is 30.6 Å². The Morgan fingerprint density at radius 3 is 2.76 bits per heavy atom. The minimum atomic E-state index is 0.474. The molecule has 0 unspecified atom stereocenters. The van der Waals surface area contributed by atoms with E-state index in [9.17, 15) is 0 Å². The van der Waals surface area contributed by atoms with Gasteiger partial charge in [0.2, 0.25) is 0 Å². The van der Waals surface area contributed by atoms with Gasteiger partial charge in [-0.1, -0.05) is 12.1 Å². The lowest BCUT2D eigenvalue weighted by Crippen LogP contribution is -2.07. The molecule has 2 aromatic rings. The summed E-state index contributed by atoms with van der Waals surface area (Å²) >= 11 is 0. The van der Waals surface area contributed by atoms with Gasteiger partial charge in [-0.25, -0.2) is 0 Å². The predicted molar refractivity (Wildman–Crippen MR) is 82.6 cm³/mol. The molecule has 114 valence electrons. The molecule has 2 N–H and O–H groups in total. The van der Waals surface area contributed by atoms with Gasteiger partial charge >= 0.3 is 0 Å². The maximum absolute atomic E-state index is 5.98. The molecule has 0 saturated heterocycles. The first-order chi connectivity index (χ1) is 10.3. The lowest BCUT2D eigenvalue weighted by atomic mass is 10.1. The standard InChI is InChI=1S/C16H23N3O2/c1-3-19-11-13(10-18-19)12-21-16-14(8-9-17)6-5-7-15(16)20-4-2/h5-7,10-11H,3-4,8-9,12,17H2,1-2H3. The van der Waals surface area contributed by atoms with E-state index in [0.717, 1.165) is 35.6 Å². The average molecular weight is 289 g/mol. The molecule has 21 heavy (non-hydrogen) atoms. The molecule has 1 heterocycles. The van der Waals surface area contributed by atoms with Crippen molar-refractivity contribution in [2.24, 2.45) is 5.73 Å². The van der Waals surface area contributed by atoms with Gasteiger partial charge in [-0.3, -0.25) is 4.68 Å². The van der Waals surface area contributed by atoms with Crippen molar-refractivity contribution in [2.45, 2.75) is 33.4 Å². The SMILES string of the molecule is CCOc1cccc(CCN)c1OCc1cnn(CC)c1. The van der Waals surface area contributed by atoms with E-state index in [1.165, 1.54) is 0 Å². The highest BCUT2D eigenvalue weighted by Crippen LogP contribution is 2.32. The van der Waals surface area contributed by atoms with E-state index >= 15 is 0 Å². The zero-order valence-electron chi connectivity index (χ0n) is 12.7. The van der Waals surface area contributed by atoms with E-state index in [2.05, 4.69) is 12.0 Å². The van der Waals surface area contributed by atoms with Crippen LogP contribution in [0.2, 0.25) is 0 Å². The summed E-state index contributed by atoms with van der Waals surface area (Å²) in [4.78, 5) is 0. The summed E-state index contributed by atoms with van der Waals surface area (Å²) in [5.41, 5.74) is 7.79. The van der Waals surface area contributed by atoms with Crippen molar-refractivity contribution in [1.82, 2.24) is 9.78 Å². The molecule has 1 aromatic carbocycles. The molecular weight excluding hydrogens is 266 g/mol. The van der Waals surface area contributed by atoms with Crippen LogP contribution in [0.1, 0.15) is 25.0 Å². The van der Waals surface area contributed by atoms with Gasteiger partial charge in [-0.15, -0.1) is 0 Å². The second-order valence-corrected chi connectivity index (χ2v) is 4.71. The van der Waals surface area contributed by atoms with Gasteiger partial charge in [0.1, 0.15) is 6.61 Å². The summed E-state index contributed by atoms with van der Waals surface area (Å²) in [5, 5.41) is 4.25. The molecule has 0 aliphatic rings. The number of nitrogens with two attached hydrogens (primary N) is 1. The Bertz CT molecular complexity index is 542. The Labute approximate surface area is 125 Å². The zero-order valence-corrected chi connectivity index (χ0v) is 12.7. The van der Waals surface area contributed by atoms with Gasteiger partial charge in [-0.2, -0.15) is 5.10 Å². The molecule has 0 bridgehead atoms. The van der Waals surface area contributed by atoms with E-state index in [1.807, 2.05) is 42.2 Å². The minimum absolute atomic E-state index is 0.474. The molecule has 1 aromatic heterocycles. The molecular formula is C16H23N3O2. The highest BCUT2D eigenvalue weighted by Gasteiger charge is 2.11. The number of aryl methyl sites for hydroxylation is 1. The second kappa shape index (κ2) is 7.69. The Kier molecular flexibility index (Phi) is 5.63. The van der Waals surface area contributed by atoms with Crippen LogP contribution in [0.25, 0.3) is 0 Å². The van der Waals surface area contributed by atoms with Gasteiger partial charge < -0.3 is 15.2 Å². The third-order valence-electron chi connectivity index (χ3n) is 3.17. The number of nitrogens with zero attached hydrogens (tertiary/aromatic N) is 2. The highest BCUT2D eigenvalue weighted by atomic mass is 16.5. The van der Waals surface area contributed by atoms with E-state index in [4.69, 9.17) is 15.2 Å². The van der Waals surface area contributed by atoms with Gasteiger partial charge in [0.25, 0.3) is 0 Å². The summed E-state index contributed by atoms with van der Waals surface area (Å²) in [6.07, 6.45) is 4.59. The molecule has 5 nitrogen and oxygen atoms in total. The van der Waals surface area contributed by atoms with E-state index < -0.39 is 0 Å². The summed E-state index contributed by atoms with van der Waals surface area (Å²) < 4.78 is 13.5. The molecule has 0 fully saturated rings. The van der Waals surface area contributed by atoms with Crippen LogP contribution in [0, 0.1) is 0 Å². The smallest absolute Gasteiger partial charge is 0.164 e. The maximum atomic E-state index is 5.98. The third kappa shape index (κ3) is 3.98. The molecule has 0 spiro atoms. The quantitative estimate of drug-likeness (QED) is 0.810. The lowest BCUT2D eigenvalue weighted by Gasteiger charge is -2.15. The van der Waals surface area contributed by atoms with Crippen molar-refractivity contribution in [1.29, 1.82) is 0 Å². The summed E-state index contributed by atoms with van der Waals surface area (Å²) in [5.74, 6) is 1.56. The van der Waals surface area contributed by atoms with Crippen LogP contribution in [0.4, 0.5) is 0 Å². The van der Waals surface area contributed by atoms with Gasteiger partial charge in [0.15, 0.2) is 11.5 Å². The molecule has 0 aliphatic heterocycles. The number of ether oxygens (including phenoxy) is 2. The van der Waals surface area contributed by atoms with Crippen molar-refractivity contribution in [2.75, 3.05) is 13.2 Å². The van der Waals surface area contributed by atoms with Crippen LogP contribution in [-0.4, -0.2) is 22.9 Å². The molecule has 0 aliphatic carbocycles. The van der Waals surface area contributed by atoms with Crippen molar-refractivity contribution in [3.63, 3.8) is 0 Å². The number of rotatable bonds is 8. The van der Waals surface area contributed by atoms with Crippen LogP contribution < -0.4 is 15.2 Å². The van der Waals surface area contributed by atoms with E-state index in [0.29, 0.717) is 19.8 Å². The fourth-order valence-corrected chi connectivity index (χ4v) is 2.16. The van der Waals surface area contributed by atoms with Gasteiger partial charge in [0, 0.05) is 18.3 Å². The van der Waals surface area contributed by atoms with Crippen LogP contribution in [-0.2, 0) is 19.6 Å². The fourth-order valence-electron chi connectivity index (χ4n) is 2.16. The van der Waals surface area contributed by atoms with Crippen molar-refractivity contribution in [3.05, 3.63) is 41.7 Å². The predicted octanol–water partition coefficient (Wildman–Crippen LogP) is 2.38. The van der Waals surface area contributed by atoms with Gasteiger partial charge in [-0.05, 0) is 38.4 Å². The molecule has 2 rings (SSSR count). The molecule has 5 heteroatoms. The maximum Gasteiger partial charge on any atom is 0.164 e. The first-order valence-corrected chi connectivity index (χ1v) is 7.37. The van der Waals surface area contributed by atoms with Crippen LogP contribution in [0.5, 0.6) is 11.5 Å². The number of aromatic nitrogens is 2. The average Bonchev–Trinajstić information content (AvgIpc) is 2.95. The Hall–Kier alpha value is -2.01. The Morgan fingerprint density at radius 2 is 2.10 bits per heavy atom. The largest absolute Gasteiger partial charge is 0.490 e. The van der Waals surface area contributed by atoms with E-state index in [1.54, 1.807) is 0 Å². The fraction of sp³-hybridized carbons (Fsp3) is 0.438. The minimum Gasteiger partial charge on any atom is -0.490 e. The normalized spacial score (nSPS) is 10.6. The van der Waals surface area contributed by atoms with E-state index in [-0.39, 0.29) is 0 Å². The first kappa shape index (κ1) is 15.4.